The Morgan fingerprint density at radius 3 is 1.24 bits per heavy atom. The first-order valence-electron chi connectivity index (χ1n) is 12.1. The molecule has 0 saturated heterocycles. The van der Waals surface area contributed by atoms with Gasteiger partial charge in [0.25, 0.3) is 0 Å². The number of nitrogens with one attached hydrogen (secondary N) is 2. The highest BCUT2D eigenvalue weighted by Gasteiger charge is 2.28. The van der Waals surface area contributed by atoms with Crippen molar-refractivity contribution in [2.24, 2.45) is 32.9 Å². The van der Waals surface area contributed by atoms with Gasteiger partial charge in [-0.2, -0.15) is 0 Å². The molecule has 0 aliphatic rings. The Labute approximate surface area is 248 Å². The second-order valence-corrected chi connectivity index (χ2v) is 9.37. The van der Waals surface area contributed by atoms with Gasteiger partial charge in [0.05, 0.1) is 22.7 Å². The van der Waals surface area contributed by atoms with Crippen LogP contribution in [0.1, 0.15) is 85.5 Å². The third kappa shape index (κ3) is 25.0. The van der Waals surface area contributed by atoms with Crippen LogP contribution in [0, 0.1) is 0 Å². The van der Waals surface area contributed by atoms with Gasteiger partial charge in [0.2, 0.25) is 11.8 Å². The van der Waals surface area contributed by atoms with Gasteiger partial charge in [-0.05, 0) is 85.5 Å². The smallest absolute Gasteiger partial charge is 0.239 e. The molecule has 0 saturated carbocycles. The second-order valence-electron chi connectivity index (χ2n) is 9.37. The number of carbonyl (C=O) groups is 2. The maximum Gasteiger partial charge on any atom is 0.239 e. The molecule has 37 heavy (non-hydrogen) atoms. The highest BCUT2D eigenvalue weighted by molar-refractivity contribution is 5.86. The van der Waals surface area contributed by atoms with E-state index in [1.165, 1.54) is 0 Å². The molecule has 0 aliphatic heterocycles. The van der Waals surface area contributed by atoms with E-state index >= 15 is 0 Å². The summed E-state index contributed by atoms with van der Waals surface area (Å²) in [6.45, 7) is 9.47. The fraction of sp³-hybridized carbons (Fsp3) is 0.826. The first-order chi connectivity index (χ1) is 15.4. The van der Waals surface area contributed by atoms with Gasteiger partial charge in [-0.1, -0.05) is 0 Å². The highest BCUT2D eigenvalue weighted by atomic mass is 35.5. The number of nitrogens with two attached hydrogens (primary N) is 4. The zero-order valence-electron chi connectivity index (χ0n) is 22.8. The van der Waals surface area contributed by atoms with E-state index in [-0.39, 0.29) is 61.4 Å². The second kappa shape index (κ2) is 25.2. The molecular formula is C23H52Cl4N8O2. The summed E-state index contributed by atoms with van der Waals surface area (Å²) < 4.78 is 0. The Morgan fingerprint density at radius 2 is 0.946 bits per heavy atom. The highest BCUT2D eigenvalue weighted by Crippen LogP contribution is 2.12. The zero-order valence-corrected chi connectivity index (χ0v) is 26.1. The van der Waals surface area contributed by atoms with E-state index in [0.717, 1.165) is 44.9 Å². The van der Waals surface area contributed by atoms with Crippen molar-refractivity contribution in [2.75, 3.05) is 26.2 Å². The molecule has 0 rings (SSSR count). The molecule has 0 aliphatic carbocycles. The van der Waals surface area contributed by atoms with Crippen LogP contribution in [0.5, 0.6) is 0 Å². The summed E-state index contributed by atoms with van der Waals surface area (Å²) in [7, 11) is 0. The number of amides is 2. The molecule has 0 bridgehead atoms. The molecule has 0 aromatic heterocycles. The third-order valence-corrected chi connectivity index (χ3v) is 5.39. The number of halogens is 4. The normalized spacial score (nSPS) is 14.3. The number of unbranched alkanes of at least 4 members (excludes halogenated alkanes) is 4. The molecule has 0 aromatic rings. The van der Waals surface area contributed by atoms with Gasteiger partial charge in [-0.25, -0.2) is 0 Å². The van der Waals surface area contributed by atoms with Gasteiger partial charge in [-0.15, -0.1) is 49.6 Å². The maximum atomic E-state index is 12.3. The van der Waals surface area contributed by atoms with Gasteiger partial charge < -0.3 is 33.6 Å². The Balaban J connectivity index is -0.000000853. The van der Waals surface area contributed by atoms with Crippen molar-refractivity contribution in [3.8, 4) is 0 Å². The Bertz CT molecular complexity index is 601. The van der Waals surface area contributed by atoms with Crippen LogP contribution in [0.15, 0.2) is 9.98 Å². The molecule has 0 aromatic carbocycles. The topological polar surface area (TPSA) is 187 Å². The lowest BCUT2D eigenvalue weighted by molar-refractivity contribution is -0.126. The van der Waals surface area contributed by atoms with Crippen molar-refractivity contribution in [1.82, 2.24) is 10.6 Å². The van der Waals surface area contributed by atoms with Crippen LogP contribution >= 0.6 is 49.6 Å². The monoisotopic (exact) mass is 612 g/mol. The molecule has 14 heteroatoms. The Kier molecular flexibility index (Phi) is 31.3. The van der Waals surface area contributed by atoms with E-state index in [2.05, 4.69) is 20.6 Å². The zero-order chi connectivity index (χ0) is 25.3. The van der Waals surface area contributed by atoms with E-state index < -0.39 is 11.1 Å². The van der Waals surface area contributed by atoms with Crippen LogP contribution in [0.3, 0.4) is 0 Å². The van der Waals surface area contributed by atoms with Crippen LogP contribution in [0.2, 0.25) is 0 Å². The molecule has 10 nitrogen and oxygen atoms in total. The number of hydrogen-bond donors (Lipinski definition) is 6. The first-order valence-corrected chi connectivity index (χ1v) is 12.1. The van der Waals surface area contributed by atoms with Crippen molar-refractivity contribution in [1.29, 1.82) is 0 Å². The molecule has 0 heterocycles. The summed E-state index contributed by atoms with van der Waals surface area (Å²) in [4.78, 5) is 32.9. The molecule has 0 radical (unpaired) electrons. The predicted molar refractivity (Wildman–Crippen MR) is 166 cm³/mol. The number of carbonyl (C=O) groups excluding carboxylic acids is 2. The summed E-state index contributed by atoms with van der Waals surface area (Å²) in [6, 6.07) is 0. The standard InChI is InChI=1S/C23H48N8O2.4ClH/c1-18(24)28-14-10-6-12-22(3,26)20(32)30-16-8-5-9-17-31-21(33)23(4,27)13-7-11-15-29-19(2)25;;;;/h5-17,26-27H2,1-4H3,(H2,24,28)(H2,25,29)(H,30,32)(H,31,33);4*1H. The van der Waals surface area contributed by atoms with E-state index in [9.17, 15) is 9.59 Å². The minimum Gasteiger partial charge on any atom is -0.388 e. The number of amidine groups is 2. The molecular weight excluding hydrogens is 562 g/mol. The van der Waals surface area contributed by atoms with Gasteiger partial charge >= 0.3 is 0 Å². The molecule has 2 atom stereocenters. The third-order valence-electron chi connectivity index (χ3n) is 5.39. The number of hydrogen-bond acceptors (Lipinski definition) is 6. The summed E-state index contributed by atoms with van der Waals surface area (Å²) in [5.41, 5.74) is 21.5. The van der Waals surface area contributed by atoms with E-state index in [0.29, 0.717) is 50.7 Å². The summed E-state index contributed by atoms with van der Waals surface area (Å²) >= 11 is 0. The van der Waals surface area contributed by atoms with Crippen LogP contribution in [0.25, 0.3) is 0 Å². The average molecular weight is 615 g/mol. The van der Waals surface area contributed by atoms with E-state index in [1.54, 1.807) is 27.7 Å². The van der Waals surface area contributed by atoms with Crippen LogP contribution in [-0.2, 0) is 9.59 Å². The van der Waals surface area contributed by atoms with Crippen LogP contribution in [0.4, 0.5) is 0 Å². The quantitative estimate of drug-likeness (QED) is 0.0782. The summed E-state index contributed by atoms with van der Waals surface area (Å²) in [6.07, 6.45) is 7.07. The maximum absolute atomic E-state index is 12.3. The molecule has 10 N–H and O–H groups in total. The lowest BCUT2D eigenvalue weighted by Gasteiger charge is -2.24. The summed E-state index contributed by atoms with van der Waals surface area (Å²) in [5.74, 6) is 0.861. The number of aliphatic imine (C=N–C) groups is 2. The van der Waals surface area contributed by atoms with Gasteiger partial charge in [0.1, 0.15) is 0 Å². The number of rotatable bonds is 18. The minimum absolute atomic E-state index is 0. The van der Waals surface area contributed by atoms with E-state index in [1.807, 2.05) is 0 Å². The van der Waals surface area contributed by atoms with Crippen molar-refractivity contribution < 1.29 is 9.59 Å². The average Bonchev–Trinajstić information content (AvgIpc) is 2.71. The Morgan fingerprint density at radius 1 is 0.622 bits per heavy atom. The van der Waals surface area contributed by atoms with E-state index in [4.69, 9.17) is 22.9 Å². The molecule has 0 spiro atoms. The number of nitrogens with zero attached hydrogens (tertiary/aromatic N) is 2. The van der Waals surface area contributed by atoms with Crippen molar-refractivity contribution >= 4 is 73.1 Å². The lowest BCUT2D eigenvalue weighted by atomic mass is 9.95. The first kappa shape index (κ1) is 45.9. The molecule has 224 valence electrons. The minimum atomic E-state index is -0.892. The molecule has 2 unspecified atom stereocenters. The summed E-state index contributed by atoms with van der Waals surface area (Å²) in [5, 5.41) is 5.82. The fourth-order valence-corrected chi connectivity index (χ4v) is 3.18. The lowest BCUT2D eigenvalue weighted by Crippen LogP contribution is -2.52. The molecule has 2 amide bonds. The SMILES string of the molecule is CC(N)=NCCCCC(C)(N)C(=O)NCCCCCNC(=O)C(C)(N)CCCCN=C(C)N.Cl.Cl.Cl.Cl. The predicted octanol–water partition coefficient (Wildman–Crippen LogP) is 2.61. The molecule has 0 fully saturated rings. The van der Waals surface area contributed by atoms with Crippen LogP contribution < -0.4 is 33.6 Å². The Hall–Kier alpha value is -1.04. The van der Waals surface area contributed by atoms with Crippen molar-refractivity contribution in [3.63, 3.8) is 0 Å². The van der Waals surface area contributed by atoms with Crippen molar-refractivity contribution in [2.45, 2.75) is 96.6 Å². The van der Waals surface area contributed by atoms with Gasteiger partial charge in [-0.3, -0.25) is 19.6 Å². The van der Waals surface area contributed by atoms with Gasteiger partial charge in [0, 0.05) is 26.2 Å². The van der Waals surface area contributed by atoms with Crippen molar-refractivity contribution in [3.05, 3.63) is 0 Å². The largest absolute Gasteiger partial charge is 0.388 e. The van der Waals surface area contributed by atoms with Crippen LogP contribution in [-0.4, -0.2) is 60.7 Å². The van der Waals surface area contributed by atoms with Gasteiger partial charge in [0.15, 0.2) is 0 Å². The fourth-order valence-electron chi connectivity index (χ4n) is 3.18.